The van der Waals surface area contributed by atoms with Gasteiger partial charge in [-0.25, -0.2) is 0 Å². The second-order valence-corrected chi connectivity index (χ2v) is 5.16. The summed E-state index contributed by atoms with van der Waals surface area (Å²) in [6, 6.07) is 0. The highest BCUT2D eigenvalue weighted by Gasteiger charge is 2.11. The Morgan fingerprint density at radius 2 is 1.83 bits per heavy atom. The minimum Gasteiger partial charge on any atom is -0.469 e. The lowest BCUT2D eigenvalue weighted by Gasteiger charge is -2.10. The van der Waals surface area contributed by atoms with Gasteiger partial charge in [-0.3, -0.25) is 14.4 Å². The summed E-state index contributed by atoms with van der Waals surface area (Å²) in [4.78, 5) is 32.9. The monoisotopic (exact) mass is 276 g/mol. The van der Waals surface area contributed by atoms with Gasteiger partial charge in [0, 0.05) is 25.3 Å². The summed E-state index contributed by atoms with van der Waals surface area (Å²) in [6.07, 6.45) is 0.292. The predicted molar refractivity (Wildman–Crippen MR) is 70.2 cm³/mol. The van der Waals surface area contributed by atoms with Crippen molar-refractivity contribution >= 4 is 29.5 Å². The molecule has 6 nitrogen and oxygen atoms in total. The second kappa shape index (κ2) is 9.76. The van der Waals surface area contributed by atoms with E-state index in [-0.39, 0.29) is 28.8 Å². The molecular weight excluding hydrogens is 256 g/mol. The van der Waals surface area contributed by atoms with Crippen LogP contribution in [0.3, 0.4) is 0 Å². The summed E-state index contributed by atoms with van der Waals surface area (Å²) < 4.78 is 4.54. The lowest BCUT2D eigenvalue weighted by molar-refractivity contribution is -0.140. The van der Waals surface area contributed by atoms with Crippen molar-refractivity contribution in [3.63, 3.8) is 0 Å². The van der Waals surface area contributed by atoms with E-state index in [1.165, 1.54) is 25.8 Å². The number of thioether (sulfide) groups is 1. The van der Waals surface area contributed by atoms with Crippen LogP contribution in [0.2, 0.25) is 0 Å². The maximum Gasteiger partial charge on any atom is 0.306 e. The largest absolute Gasteiger partial charge is 0.469 e. The van der Waals surface area contributed by atoms with Gasteiger partial charge in [0.2, 0.25) is 11.8 Å². The minimum atomic E-state index is -0.277. The van der Waals surface area contributed by atoms with Crippen LogP contribution in [0.25, 0.3) is 0 Å². The second-order valence-electron chi connectivity index (χ2n) is 3.73. The fourth-order valence-corrected chi connectivity index (χ4v) is 1.88. The molecule has 0 radical (unpaired) electrons. The zero-order chi connectivity index (χ0) is 14.0. The Balaban J connectivity index is 3.57. The molecule has 1 atom stereocenters. The molecule has 0 aliphatic rings. The molecule has 0 aromatic rings. The molecule has 0 aromatic heterocycles. The van der Waals surface area contributed by atoms with Gasteiger partial charge in [-0.05, 0) is 0 Å². The smallest absolute Gasteiger partial charge is 0.306 e. The number of hydrogen-bond donors (Lipinski definition) is 2. The number of carbonyl (C=O) groups excluding carboxylic acids is 3. The van der Waals surface area contributed by atoms with E-state index in [9.17, 15) is 14.4 Å². The average Bonchev–Trinajstić information content (AvgIpc) is 2.31. The van der Waals surface area contributed by atoms with Gasteiger partial charge in [0.05, 0.1) is 19.3 Å². The van der Waals surface area contributed by atoms with Crippen molar-refractivity contribution in [1.29, 1.82) is 0 Å². The molecule has 0 aliphatic heterocycles. The molecule has 0 fully saturated rings. The summed E-state index contributed by atoms with van der Waals surface area (Å²) in [5, 5.41) is 5.29. The fraction of sp³-hybridized carbons (Fsp3) is 0.727. The van der Waals surface area contributed by atoms with Crippen LogP contribution in [-0.2, 0) is 19.1 Å². The first-order valence-corrected chi connectivity index (χ1v) is 6.70. The van der Waals surface area contributed by atoms with E-state index in [4.69, 9.17) is 0 Å². The van der Waals surface area contributed by atoms with Crippen LogP contribution in [0.1, 0.15) is 20.3 Å². The van der Waals surface area contributed by atoms with Crippen molar-refractivity contribution in [2.45, 2.75) is 25.5 Å². The van der Waals surface area contributed by atoms with E-state index in [1.54, 1.807) is 0 Å². The number of methoxy groups -OCH3 is 1. The third-order valence-corrected chi connectivity index (χ3v) is 3.17. The van der Waals surface area contributed by atoms with Gasteiger partial charge in [-0.1, -0.05) is 6.92 Å². The Morgan fingerprint density at radius 3 is 2.39 bits per heavy atom. The van der Waals surface area contributed by atoms with Crippen molar-refractivity contribution in [3.05, 3.63) is 0 Å². The molecule has 104 valence electrons. The fourth-order valence-electron chi connectivity index (χ4n) is 1.09. The van der Waals surface area contributed by atoms with Crippen molar-refractivity contribution in [3.8, 4) is 0 Å². The molecule has 0 spiro atoms. The van der Waals surface area contributed by atoms with Gasteiger partial charge in [0.15, 0.2) is 0 Å². The molecule has 1 unspecified atom stereocenters. The molecule has 0 saturated heterocycles. The maximum absolute atomic E-state index is 11.4. The molecule has 0 aromatic carbocycles. The SMILES string of the molecule is COC(=O)CC(C)SCC(=O)NCCNC(C)=O. The average molecular weight is 276 g/mol. The summed E-state index contributed by atoms with van der Waals surface area (Å²) in [5.74, 6) is -0.216. The molecule has 7 heteroatoms. The van der Waals surface area contributed by atoms with Gasteiger partial charge in [0.1, 0.15) is 0 Å². The van der Waals surface area contributed by atoms with Crippen molar-refractivity contribution < 1.29 is 19.1 Å². The normalized spacial score (nSPS) is 11.5. The first-order valence-electron chi connectivity index (χ1n) is 5.65. The van der Waals surface area contributed by atoms with Gasteiger partial charge in [-0.2, -0.15) is 0 Å². The summed E-state index contributed by atoms with van der Waals surface area (Å²) in [5.41, 5.74) is 0. The number of carbonyl (C=O) groups is 3. The highest BCUT2D eigenvalue weighted by atomic mass is 32.2. The van der Waals surface area contributed by atoms with E-state index in [2.05, 4.69) is 15.4 Å². The van der Waals surface area contributed by atoms with Gasteiger partial charge in [0.25, 0.3) is 0 Å². The molecule has 18 heavy (non-hydrogen) atoms. The topological polar surface area (TPSA) is 84.5 Å². The lowest BCUT2D eigenvalue weighted by Crippen LogP contribution is -2.34. The quantitative estimate of drug-likeness (QED) is 0.478. The standard InChI is InChI=1S/C11H20N2O4S/c1-8(6-11(16)17-3)18-7-10(15)13-5-4-12-9(2)14/h8H,4-7H2,1-3H3,(H,12,14)(H,13,15). The first-order chi connectivity index (χ1) is 8.45. The molecule has 2 N–H and O–H groups in total. The van der Waals surface area contributed by atoms with Crippen molar-refractivity contribution in [2.24, 2.45) is 0 Å². The molecule has 0 heterocycles. The van der Waals surface area contributed by atoms with Gasteiger partial charge in [-0.15, -0.1) is 11.8 Å². The van der Waals surface area contributed by atoms with Crippen LogP contribution in [0.15, 0.2) is 0 Å². The number of amides is 2. The number of rotatable bonds is 8. The van der Waals surface area contributed by atoms with E-state index in [0.29, 0.717) is 19.5 Å². The summed E-state index contributed by atoms with van der Waals surface area (Å²) >= 11 is 1.39. The molecule has 0 rings (SSSR count). The van der Waals surface area contributed by atoms with Crippen LogP contribution in [-0.4, -0.2) is 49.0 Å². The zero-order valence-corrected chi connectivity index (χ0v) is 11.8. The predicted octanol–water partition coefficient (Wildman–Crippen LogP) is -0.0765. The lowest BCUT2D eigenvalue weighted by atomic mass is 10.3. The summed E-state index contributed by atoms with van der Waals surface area (Å²) in [6.45, 7) is 4.12. The third kappa shape index (κ3) is 9.95. The summed E-state index contributed by atoms with van der Waals surface area (Å²) in [7, 11) is 1.34. The Bertz CT molecular complexity index is 297. The molecule has 0 bridgehead atoms. The van der Waals surface area contributed by atoms with Crippen LogP contribution >= 0.6 is 11.8 Å². The highest BCUT2D eigenvalue weighted by molar-refractivity contribution is 8.00. The first kappa shape index (κ1) is 16.8. The highest BCUT2D eigenvalue weighted by Crippen LogP contribution is 2.13. The van der Waals surface area contributed by atoms with Gasteiger partial charge < -0.3 is 15.4 Å². The molecule has 0 saturated carbocycles. The van der Waals surface area contributed by atoms with Crippen molar-refractivity contribution in [1.82, 2.24) is 10.6 Å². The van der Waals surface area contributed by atoms with Crippen LogP contribution in [0.4, 0.5) is 0 Å². The zero-order valence-electron chi connectivity index (χ0n) is 10.9. The number of esters is 1. The number of ether oxygens (including phenoxy) is 1. The van der Waals surface area contributed by atoms with Crippen molar-refractivity contribution in [2.75, 3.05) is 26.0 Å². The Kier molecular flexibility index (Phi) is 9.08. The minimum absolute atomic E-state index is 0.0403. The van der Waals surface area contributed by atoms with E-state index in [0.717, 1.165) is 0 Å². The number of nitrogens with one attached hydrogen (secondary N) is 2. The van der Waals surface area contributed by atoms with Crippen LogP contribution in [0, 0.1) is 0 Å². The Labute approximate surface area is 111 Å². The van der Waals surface area contributed by atoms with Crippen LogP contribution in [0.5, 0.6) is 0 Å². The Morgan fingerprint density at radius 1 is 1.22 bits per heavy atom. The molecular formula is C11H20N2O4S. The van der Waals surface area contributed by atoms with E-state index < -0.39 is 0 Å². The third-order valence-electron chi connectivity index (χ3n) is 2.00. The van der Waals surface area contributed by atoms with E-state index in [1.807, 2.05) is 6.92 Å². The molecule has 2 amide bonds. The van der Waals surface area contributed by atoms with E-state index >= 15 is 0 Å². The molecule has 0 aliphatic carbocycles. The Hall–Kier alpha value is -1.24. The van der Waals surface area contributed by atoms with Crippen LogP contribution < -0.4 is 10.6 Å². The van der Waals surface area contributed by atoms with Gasteiger partial charge >= 0.3 is 5.97 Å². The maximum atomic E-state index is 11.4. The number of hydrogen-bond acceptors (Lipinski definition) is 5.